The summed E-state index contributed by atoms with van der Waals surface area (Å²) < 4.78 is 12.6. The van der Waals surface area contributed by atoms with Crippen LogP contribution >= 0.6 is 0 Å². The van der Waals surface area contributed by atoms with Crippen LogP contribution in [0.15, 0.2) is 71.8 Å². The number of aliphatic hydroxyl groups excluding tert-OH is 2. The SMILES string of the molecule is Cn1cc(-c2cccc(N3CCc4cc(C(C)(C)COCCO)ccc4C3=O)c2CO)cc(Nc2ccc(N3CCOCC3)cn2)c1=O. The minimum Gasteiger partial charge on any atom is -0.394 e. The van der Waals surface area contributed by atoms with E-state index in [9.17, 15) is 14.7 Å². The van der Waals surface area contributed by atoms with E-state index in [0.29, 0.717) is 61.1 Å². The molecule has 252 valence electrons. The molecule has 11 nitrogen and oxygen atoms in total. The van der Waals surface area contributed by atoms with Gasteiger partial charge in [-0.15, -0.1) is 0 Å². The topological polar surface area (TPSA) is 129 Å². The van der Waals surface area contributed by atoms with Crippen molar-refractivity contribution in [1.82, 2.24) is 9.55 Å². The number of rotatable bonds is 11. The van der Waals surface area contributed by atoms with Crippen LogP contribution in [-0.2, 0) is 35.0 Å². The number of ether oxygens (including phenoxy) is 2. The normalized spacial score (nSPS) is 15.1. The van der Waals surface area contributed by atoms with E-state index in [1.54, 1.807) is 30.4 Å². The van der Waals surface area contributed by atoms with E-state index in [1.807, 2.05) is 42.5 Å². The lowest BCUT2D eigenvalue weighted by molar-refractivity contribution is 0.0642. The Labute approximate surface area is 280 Å². The molecule has 0 radical (unpaired) electrons. The van der Waals surface area contributed by atoms with Crippen LogP contribution in [0.25, 0.3) is 11.1 Å². The van der Waals surface area contributed by atoms with E-state index >= 15 is 0 Å². The first kappa shape index (κ1) is 33.4. The van der Waals surface area contributed by atoms with Crippen molar-refractivity contribution >= 4 is 28.8 Å². The fourth-order valence-electron chi connectivity index (χ4n) is 6.43. The minimum absolute atomic E-state index is 0.0238. The second-order valence-corrected chi connectivity index (χ2v) is 12.9. The van der Waals surface area contributed by atoms with Crippen molar-refractivity contribution in [3.8, 4) is 11.1 Å². The zero-order valence-corrected chi connectivity index (χ0v) is 27.7. The van der Waals surface area contributed by atoms with Gasteiger partial charge in [0.05, 0.1) is 57.2 Å². The molecule has 0 bridgehead atoms. The maximum Gasteiger partial charge on any atom is 0.274 e. The van der Waals surface area contributed by atoms with E-state index in [1.165, 1.54) is 4.57 Å². The monoisotopic (exact) mass is 653 g/mol. The molecule has 4 heterocycles. The van der Waals surface area contributed by atoms with Crippen LogP contribution in [-0.4, -0.2) is 78.3 Å². The van der Waals surface area contributed by atoms with E-state index in [4.69, 9.17) is 14.6 Å². The van der Waals surface area contributed by atoms with Gasteiger partial charge in [-0.1, -0.05) is 38.1 Å². The standard InChI is InChI=1S/C37H43N5O6/c1-37(2,24-48-18-15-43)27-7-9-30-25(19-27)11-12-42(35(30)45)33-6-4-5-29(31(33)23-44)26-20-32(36(46)40(3)22-26)39-34-10-8-28(21-38-34)41-13-16-47-17-14-41/h4-10,19-22,43-44H,11-18,23-24H2,1-3H3,(H,38,39). The van der Waals surface area contributed by atoms with Crippen LogP contribution in [0.1, 0.15) is 40.9 Å². The number of aliphatic hydroxyl groups is 2. The zero-order valence-electron chi connectivity index (χ0n) is 27.7. The summed E-state index contributed by atoms with van der Waals surface area (Å²) in [7, 11) is 1.69. The number of morpholine rings is 1. The van der Waals surface area contributed by atoms with Crippen LogP contribution < -0.4 is 20.7 Å². The van der Waals surface area contributed by atoms with Crippen molar-refractivity contribution in [3.05, 3.63) is 99.6 Å². The number of anilines is 4. The highest BCUT2D eigenvalue weighted by Crippen LogP contribution is 2.36. The number of aryl methyl sites for hydroxylation is 1. The van der Waals surface area contributed by atoms with Gasteiger partial charge in [0, 0.05) is 55.0 Å². The fourth-order valence-corrected chi connectivity index (χ4v) is 6.43. The maximum absolute atomic E-state index is 13.9. The predicted molar refractivity (Wildman–Crippen MR) is 186 cm³/mol. The molecule has 6 rings (SSSR count). The molecule has 0 unspecified atom stereocenters. The summed E-state index contributed by atoms with van der Waals surface area (Å²) >= 11 is 0. The van der Waals surface area contributed by atoms with Crippen LogP contribution in [0.5, 0.6) is 0 Å². The lowest BCUT2D eigenvalue weighted by Crippen LogP contribution is -2.38. The molecular weight excluding hydrogens is 610 g/mol. The number of amides is 1. The van der Waals surface area contributed by atoms with Gasteiger partial charge >= 0.3 is 0 Å². The number of nitrogens with zero attached hydrogens (tertiary/aromatic N) is 4. The Hall–Kier alpha value is -4.55. The smallest absolute Gasteiger partial charge is 0.274 e. The van der Waals surface area contributed by atoms with Gasteiger partial charge in [0.25, 0.3) is 11.5 Å². The Balaban J connectivity index is 1.26. The van der Waals surface area contributed by atoms with Crippen LogP contribution in [0.4, 0.5) is 22.9 Å². The molecule has 2 aromatic carbocycles. The van der Waals surface area contributed by atoms with Gasteiger partial charge in [-0.05, 0) is 53.4 Å². The number of carbonyl (C=O) groups is 1. The number of carbonyl (C=O) groups excluding carboxylic acids is 1. The molecule has 0 atom stereocenters. The van der Waals surface area contributed by atoms with E-state index in [0.717, 1.165) is 41.0 Å². The summed E-state index contributed by atoms with van der Waals surface area (Å²) in [5, 5.41) is 22.9. The van der Waals surface area contributed by atoms with Gasteiger partial charge < -0.3 is 39.4 Å². The molecule has 0 saturated carbocycles. The average molecular weight is 654 g/mol. The van der Waals surface area contributed by atoms with Gasteiger partial charge in [0.2, 0.25) is 0 Å². The van der Waals surface area contributed by atoms with Crippen molar-refractivity contribution in [2.24, 2.45) is 7.05 Å². The second kappa shape index (κ2) is 14.3. The summed E-state index contributed by atoms with van der Waals surface area (Å²) in [6.07, 6.45) is 4.18. The summed E-state index contributed by atoms with van der Waals surface area (Å²) in [5.74, 6) is 0.414. The van der Waals surface area contributed by atoms with Crippen LogP contribution in [0.2, 0.25) is 0 Å². The number of pyridine rings is 2. The van der Waals surface area contributed by atoms with Gasteiger partial charge in [0.1, 0.15) is 11.5 Å². The highest BCUT2D eigenvalue weighted by molar-refractivity contribution is 6.09. The summed E-state index contributed by atoms with van der Waals surface area (Å²) in [6.45, 7) is 8.03. The van der Waals surface area contributed by atoms with Crippen molar-refractivity contribution in [2.45, 2.75) is 32.3 Å². The number of hydrogen-bond donors (Lipinski definition) is 3. The van der Waals surface area contributed by atoms with E-state index < -0.39 is 0 Å². The summed E-state index contributed by atoms with van der Waals surface area (Å²) in [6, 6.07) is 17.1. The quantitative estimate of drug-likeness (QED) is 0.206. The molecule has 3 N–H and O–H groups in total. The molecule has 1 amide bonds. The van der Waals surface area contributed by atoms with Gasteiger partial charge in [-0.25, -0.2) is 4.98 Å². The molecule has 1 saturated heterocycles. The lowest BCUT2D eigenvalue weighted by atomic mass is 9.82. The van der Waals surface area contributed by atoms with Crippen molar-refractivity contribution in [1.29, 1.82) is 0 Å². The Morgan fingerprint density at radius 2 is 1.81 bits per heavy atom. The zero-order chi connectivity index (χ0) is 33.8. The predicted octanol–water partition coefficient (Wildman–Crippen LogP) is 4.01. The third-order valence-corrected chi connectivity index (χ3v) is 9.15. The van der Waals surface area contributed by atoms with Crippen molar-refractivity contribution in [2.75, 3.05) is 67.8 Å². The van der Waals surface area contributed by atoms with Gasteiger partial charge in [-0.3, -0.25) is 9.59 Å². The van der Waals surface area contributed by atoms with Gasteiger partial charge in [-0.2, -0.15) is 0 Å². The molecule has 1 fully saturated rings. The third kappa shape index (κ3) is 6.86. The Kier molecular flexibility index (Phi) is 9.93. The molecule has 2 aliphatic heterocycles. The molecule has 11 heteroatoms. The minimum atomic E-state index is -0.292. The van der Waals surface area contributed by atoms with E-state index in [2.05, 4.69) is 35.1 Å². The fraction of sp³-hybridized carbons (Fsp3) is 0.378. The molecule has 4 aromatic rings. The maximum atomic E-state index is 13.9. The summed E-state index contributed by atoms with van der Waals surface area (Å²) in [5.41, 5.74) is 6.20. The van der Waals surface area contributed by atoms with Crippen molar-refractivity contribution in [3.63, 3.8) is 0 Å². The van der Waals surface area contributed by atoms with Crippen molar-refractivity contribution < 1.29 is 24.5 Å². The molecule has 2 aromatic heterocycles. The van der Waals surface area contributed by atoms with Crippen LogP contribution in [0.3, 0.4) is 0 Å². The highest BCUT2D eigenvalue weighted by atomic mass is 16.5. The van der Waals surface area contributed by atoms with Gasteiger partial charge in [0.15, 0.2) is 0 Å². The van der Waals surface area contributed by atoms with Crippen LogP contribution in [0, 0.1) is 0 Å². The Morgan fingerprint density at radius 3 is 2.54 bits per heavy atom. The lowest BCUT2D eigenvalue weighted by Gasteiger charge is -2.32. The highest BCUT2D eigenvalue weighted by Gasteiger charge is 2.30. The Morgan fingerprint density at radius 1 is 1.00 bits per heavy atom. The second-order valence-electron chi connectivity index (χ2n) is 12.9. The first-order valence-electron chi connectivity index (χ1n) is 16.3. The first-order chi connectivity index (χ1) is 23.2. The number of fused-ring (bicyclic) bond motifs is 1. The Bertz CT molecular complexity index is 1830. The largest absolute Gasteiger partial charge is 0.394 e. The number of nitrogens with one attached hydrogen (secondary N) is 1. The third-order valence-electron chi connectivity index (χ3n) is 9.15. The van der Waals surface area contributed by atoms with E-state index in [-0.39, 0.29) is 36.7 Å². The first-order valence-corrected chi connectivity index (χ1v) is 16.3. The molecule has 0 aliphatic carbocycles. The number of benzene rings is 2. The summed E-state index contributed by atoms with van der Waals surface area (Å²) in [4.78, 5) is 35.6. The number of aromatic nitrogens is 2. The average Bonchev–Trinajstić information content (AvgIpc) is 3.10. The number of hydrogen-bond acceptors (Lipinski definition) is 9. The molecule has 48 heavy (non-hydrogen) atoms. The molecular formula is C37H43N5O6. The molecule has 0 spiro atoms. The molecule has 2 aliphatic rings.